The molecular formula is C12H11ClN4S. The van der Waals surface area contributed by atoms with Crippen molar-refractivity contribution in [2.45, 2.75) is 13.5 Å². The first-order chi connectivity index (χ1) is 8.60. The number of anilines is 1. The van der Waals surface area contributed by atoms with Crippen molar-refractivity contribution in [1.82, 2.24) is 9.97 Å². The summed E-state index contributed by atoms with van der Waals surface area (Å²) in [4.78, 5) is 11.6. The van der Waals surface area contributed by atoms with E-state index in [2.05, 4.69) is 16.0 Å². The molecule has 18 heavy (non-hydrogen) atoms. The number of aryl methyl sites for hydroxylation is 1. The Morgan fingerprint density at radius 3 is 2.89 bits per heavy atom. The standard InChI is InChI=1S/C12H11ClN4S/c1-8-10(18-7-15-8)6-17(2)12-4-9(5-14)3-11(13)16-12/h3-4,7H,6H2,1-2H3. The molecule has 0 saturated heterocycles. The van der Waals surface area contributed by atoms with Gasteiger partial charge in [-0.3, -0.25) is 0 Å². The third kappa shape index (κ3) is 2.78. The summed E-state index contributed by atoms with van der Waals surface area (Å²) in [5.74, 6) is 0.687. The average molecular weight is 279 g/mol. The quantitative estimate of drug-likeness (QED) is 0.810. The van der Waals surface area contributed by atoms with E-state index in [-0.39, 0.29) is 0 Å². The molecule has 6 heteroatoms. The average Bonchev–Trinajstić information content (AvgIpc) is 2.74. The van der Waals surface area contributed by atoms with Gasteiger partial charge in [0.1, 0.15) is 11.0 Å². The number of hydrogen-bond acceptors (Lipinski definition) is 5. The van der Waals surface area contributed by atoms with Gasteiger partial charge in [-0.15, -0.1) is 11.3 Å². The summed E-state index contributed by atoms with van der Waals surface area (Å²) in [6, 6.07) is 5.35. The highest BCUT2D eigenvalue weighted by atomic mass is 35.5. The molecule has 0 unspecified atom stereocenters. The van der Waals surface area contributed by atoms with E-state index in [1.165, 1.54) is 4.88 Å². The van der Waals surface area contributed by atoms with Gasteiger partial charge in [-0.05, 0) is 19.1 Å². The van der Waals surface area contributed by atoms with Crippen LogP contribution in [0.4, 0.5) is 5.82 Å². The number of aromatic nitrogens is 2. The summed E-state index contributed by atoms with van der Waals surface area (Å²) in [5.41, 5.74) is 3.36. The van der Waals surface area contributed by atoms with Crippen LogP contribution in [0.5, 0.6) is 0 Å². The first kappa shape index (κ1) is 12.8. The fourth-order valence-corrected chi connectivity index (χ4v) is 2.55. The monoisotopic (exact) mass is 278 g/mol. The fraction of sp³-hybridized carbons (Fsp3) is 0.250. The molecule has 0 aromatic carbocycles. The van der Waals surface area contributed by atoms with Gasteiger partial charge in [-0.25, -0.2) is 9.97 Å². The highest BCUT2D eigenvalue weighted by molar-refractivity contribution is 7.09. The highest BCUT2D eigenvalue weighted by Gasteiger charge is 2.09. The largest absolute Gasteiger partial charge is 0.354 e. The lowest BCUT2D eigenvalue weighted by atomic mass is 10.3. The zero-order valence-electron chi connectivity index (χ0n) is 10.0. The number of pyridine rings is 1. The summed E-state index contributed by atoms with van der Waals surface area (Å²) in [7, 11) is 1.92. The third-order valence-corrected chi connectivity index (χ3v) is 3.64. The van der Waals surface area contributed by atoms with Gasteiger partial charge in [0.2, 0.25) is 0 Å². The maximum absolute atomic E-state index is 8.91. The number of thiazole rings is 1. The lowest BCUT2D eigenvalue weighted by molar-refractivity contribution is 0.901. The molecule has 0 fully saturated rings. The van der Waals surface area contributed by atoms with Gasteiger partial charge in [0.15, 0.2) is 0 Å². The summed E-state index contributed by atoms with van der Waals surface area (Å²) in [6.45, 7) is 2.68. The molecule has 0 bridgehead atoms. The van der Waals surface area contributed by atoms with Gasteiger partial charge in [-0.2, -0.15) is 5.26 Å². The second-order valence-electron chi connectivity index (χ2n) is 3.87. The second kappa shape index (κ2) is 5.34. The minimum Gasteiger partial charge on any atom is -0.354 e. The van der Waals surface area contributed by atoms with Crippen LogP contribution in [-0.2, 0) is 6.54 Å². The van der Waals surface area contributed by atoms with Gasteiger partial charge in [0, 0.05) is 11.9 Å². The van der Waals surface area contributed by atoms with E-state index in [0.717, 1.165) is 5.69 Å². The van der Waals surface area contributed by atoms with Crippen molar-refractivity contribution in [2.75, 3.05) is 11.9 Å². The molecule has 0 N–H and O–H groups in total. The van der Waals surface area contributed by atoms with Crippen molar-refractivity contribution in [3.05, 3.63) is 38.9 Å². The molecule has 0 aliphatic rings. The Bertz CT molecular complexity index is 602. The Hall–Kier alpha value is -1.64. The molecule has 2 aromatic heterocycles. The molecule has 0 spiro atoms. The Kier molecular flexibility index (Phi) is 3.80. The van der Waals surface area contributed by atoms with E-state index in [0.29, 0.717) is 23.1 Å². The number of halogens is 1. The summed E-state index contributed by atoms with van der Waals surface area (Å²) >= 11 is 7.50. The Labute approximate surface area is 114 Å². The maximum atomic E-state index is 8.91. The Balaban J connectivity index is 2.24. The van der Waals surface area contributed by atoms with E-state index >= 15 is 0 Å². The molecule has 0 aliphatic heterocycles. The molecule has 0 saturated carbocycles. The van der Waals surface area contributed by atoms with Crippen molar-refractivity contribution in [1.29, 1.82) is 5.26 Å². The molecule has 2 heterocycles. The zero-order chi connectivity index (χ0) is 13.1. The molecule has 0 amide bonds. The SMILES string of the molecule is Cc1ncsc1CN(C)c1cc(C#N)cc(Cl)n1. The lowest BCUT2D eigenvalue weighted by Gasteiger charge is -2.17. The van der Waals surface area contributed by atoms with E-state index in [9.17, 15) is 0 Å². The topological polar surface area (TPSA) is 52.8 Å². The van der Waals surface area contributed by atoms with E-state index < -0.39 is 0 Å². The molecular weight excluding hydrogens is 268 g/mol. The van der Waals surface area contributed by atoms with Gasteiger partial charge < -0.3 is 4.90 Å². The molecule has 0 aliphatic carbocycles. The van der Waals surface area contributed by atoms with E-state index in [1.807, 2.05) is 24.4 Å². The first-order valence-electron chi connectivity index (χ1n) is 5.28. The Morgan fingerprint density at radius 2 is 2.28 bits per heavy atom. The van der Waals surface area contributed by atoms with Crippen LogP contribution in [0.1, 0.15) is 16.1 Å². The van der Waals surface area contributed by atoms with Gasteiger partial charge >= 0.3 is 0 Å². The third-order valence-electron chi connectivity index (χ3n) is 2.53. The number of hydrogen-bond donors (Lipinski definition) is 0. The molecule has 92 valence electrons. The van der Waals surface area contributed by atoms with E-state index in [4.69, 9.17) is 16.9 Å². The number of nitriles is 1. The Morgan fingerprint density at radius 1 is 1.50 bits per heavy atom. The molecule has 4 nitrogen and oxygen atoms in total. The van der Waals surface area contributed by atoms with Crippen LogP contribution in [0.25, 0.3) is 0 Å². The maximum Gasteiger partial charge on any atom is 0.132 e. The predicted molar refractivity (Wildman–Crippen MR) is 72.9 cm³/mol. The van der Waals surface area contributed by atoms with Crippen LogP contribution in [0.3, 0.4) is 0 Å². The fourth-order valence-electron chi connectivity index (χ4n) is 1.52. The summed E-state index contributed by atoms with van der Waals surface area (Å²) < 4.78 is 0. The molecule has 2 rings (SSSR count). The minimum atomic E-state index is 0.330. The van der Waals surface area contributed by atoms with Crippen molar-refractivity contribution in [3.8, 4) is 6.07 Å². The number of rotatable bonds is 3. The predicted octanol–water partition coefficient (Wildman–Crippen LogP) is 3.01. The first-order valence-corrected chi connectivity index (χ1v) is 6.53. The number of nitrogens with zero attached hydrogens (tertiary/aromatic N) is 4. The van der Waals surface area contributed by atoms with Crippen LogP contribution in [0.2, 0.25) is 5.15 Å². The van der Waals surface area contributed by atoms with Crippen LogP contribution in [0.15, 0.2) is 17.6 Å². The van der Waals surface area contributed by atoms with Crippen LogP contribution >= 0.6 is 22.9 Å². The summed E-state index contributed by atoms with van der Waals surface area (Å²) in [5, 5.41) is 9.24. The van der Waals surface area contributed by atoms with Gasteiger partial charge in [-0.1, -0.05) is 11.6 Å². The van der Waals surface area contributed by atoms with Crippen LogP contribution in [-0.4, -0.2) is 17.0 Å². The molecule has 0 radical (unpaired) electrons. The van der Waals surface area contributed by atoms with Crippen molar-refractivity contribution >= 4 is 28.8 Å². The van der Waals surface area contributed by atoms with Crippen molar-refractivity contribution < 1.29 is 0 Å². The van der Waals surface area contributed by atoms with Crippen LogP contribution < -0.4 is 4.90 Å². The normalized spacial score (nSPS) is 10.1. The summed E-state index contributed by atoms with van der Waals surface area (Å²) in [6.07, 6.45) is 0. The highest BCUT2D eigenvalue weighted by Crippen LogP contribution is 2.21. The van der Waals surface area contributed by atoms with E-state index in [1.54, 1.807) is 23.5 Å². The van der Waals surface area contributed by atoms with Gasteiger partial charge in [0.25, 0.3) is 0 Å². The van der Waals surface area contributed by atoms with Gasteiger partial charge in [0.05, 0.1) is 29.4 Å². The second-order valence-corrected chi connectivity index (χ2v) is 5.19. The smallest absolute Gasteiger partial charge is 0.132 e. The van der Waals surface area contributed by atoms with Crippen molar-refractivity contribution in [2.24, 2.45) is 0 Å². The minimum absolute atomic E-state index is 0.330. The zero-order valence-corrected chi connectivity index (χ0v) is 11.6. The van der Waals surface area contributed by atoms with Crippen LogP contribution in [0, 0.1) is 18.3 Å². The lowest BCUT2D eigenvalue weighted by Crippen LogP contribution is -2.17. The molecule has 0 atom stereocenters. The molecule has 2 aromatic rings. The van der Waals surface area contributed by atoms with Crippen molar-refractivity contribution in [3.63, 3.8) is 0 Å².